The lowest BCUT2D eigenvalue weighted by Crippen LogP contribution is -2.67. The van der Waals surface area contributed by atoms with Gasteiger partial charge in [0.2, 0.25) is 5.95 Å². The molecule has 4 unspecified atom stereocenters. The van der Waals surface area contributed by atoms with Crippen molar-refractivity contribution in [3.05, 3.63) is 82.7 Å². The molecule has 0 amide bonds. The molecule has 2 aromatic carbocycles. The molecule has 5 atom stereocenters. The first-order valence-electron chi connectivity index (χ1n) is 15.0. The van der Waals surface area contributed by atoms with E-state index >= 15 is 0 Å². The van der Waals surface area contributed by atoms with E-state index < -0.39 is 0 Å². The van der Waals surface area contributed by atoms with Crippen LogP contribution in [0.4, 0.5) is 5.95 Å². The molecule has 2 saturated carbocycles. The highest BCUT2D eigenvalue weighted by atomic mass is 16.3. The lowest BCUT2D eigenvalue weighted by Gasteiger charge is -2.65. The summed E-state index contributed by atoms with van der Waals surface area (Å²) in [6.07, 6.45) is 8.63. The third-order valence-corrected chi connectivity index (χ3v) is 11.1. The zero-order valence-electron chi connectivity index (χ0n) is 23.7. The highest BCUT2D eigenvalue weighted by Gasteiger charge is 2.71. The zero-order chi connectivity index (χ0) is 26.8. The maximum Gasteiger partial charge on any atom is 0.225 e. The van der Waals surface area contributed by atoms with Crippen molar-refractivity contribution in [2.75, 3.05) is 31.6 Å². The third kappa shape index (κ3) is 3.83. The number of nitrogens with zero attached hydrogens (tertiary/aromatic N) is 4. The first-order valence-corrected chi connectivity index (χ1v) is 15.0. The van der Waals surface area contributed by atoms with Crippen molar-refractivity contribution < 1.29 is 5.11 Å². The molecule has 1 aromatic heterocycles. The van der Waals surface area contributed by atoms with E-state index in [4.69, 9.17) is 9.97 Å². The maximum absolute atomic E-state index is 10.7. The molecular weight excluding hydrogens is 480 g/mol. The summed E-state index contributed by atoms with van der Waals surface area (Å²) < 4.78 is 0. The molecule has 2 heterocycles. The summed E-state index contributed by atoms with van der Waals surface area (Å²) in [7, 11) is 2.19. The number of hydrogen-bond donors (Lipinski definition) is 1. The molecule has 5 nitrogen and oxygen atoms in total. The van der Waals surface area contributed by atoms with E-state index in [0.717, 1.165) is 49.8 Å². The number of phenolic OH excluding ortho intramolecular Hbond substituents is 1. The lowest BCUT2D eigenvalue weighted by molar-refractivity contribution is -0.0867. The fourth-order valence-corrected chi connectivity index (χ4v) is 9.85. The van der Waals surface area contributed by atoms with Gasteiger partial charge in [-0.15, -0.1) is 0 Å². The van der Waals surface area contributed by atoms with Crippen LogP contribution in [0.5, 0.6) is 5.75 Å². The Kier molecular flexibility index (Phi) is 6.00. The number of phenols is 1. The number of likely N-dealkylation sites (tertiary alicyclic amines) is 1. The number of benzene rings is 2. The van der Waals surface area contributed by atoms with Crippen LogP contribution in [0.25, 0.3) is 0 Å². The van der Waals surface area contributed by atoms with Gasteiger partial charge in [0, 0.05) is 43.0 Å². The Morgan fingerprint density at radius 3 is 2.62 bits per heavy atom. The Hall–Kier alpha value is -2.92. The van der Waals surface area contributed by atoms with E-state index in [1.165, 1.54) is 48.8 Å². The van der Waals surface area contributed by atoms with Crippen LogP contribution < -0.4 is 4.90 Å². The van der Waals surface area contributed by atoms with E-state index in [0.29, 0.717) is 23.6 Å². The van der Waals surface area contributed by atoms with Gasteiger partial charge in [-0.25, -0.2) is 9.97 Å². The number of anilines is 1. The van der Waals surface area contributed by atoms with Gasteiger partial charge >= 0.3 is 0 Å². The van der Waals surface area contributed by atoms with Crippen LogP contribution in [-0.4, -0.2) is 52.7 Å². The fraction of sp³-hybridized carbons (Fsp3) is 0.529. The Morgan fingerprint density at radius 2 is 1.82 bits per heavy atom. The second kappa shape index (κ2) is 9.33. The van der Waals surface area contributed by atoms with Gasteiger partial charge in [-0.2, -0.15) is 0 Å². The molecule has 4 aliphatic rings. The third-order valence-electron chi connectivity index (χ3n) is 11.1. The molecule has 39 heavy (non-hydrogen) atoms. The summed E-state index contributed by atoms with van der Waals surface area (Å²) in [5, 5.41) is 10.7. The normalized spacial score (nSPS) is 31.0. The summed E-state index contributed by atoms with van der Waals surface area (Å²) in [6, 6.07) is 20.0. The van der Waals surface area contributed by atoms with Gasteiger partial charge in [0.1, 0.15) is 5.75 Å². The van der Waals surface area contributed by atoms with Crippen molar-refractivity contribution >= 4 is 5.95 Å². The van der Waals surface area contributed by atoms with Gasteiger partial charge in [0.25, 0.3) is 0 Å². The van der Waals surface area contributed by atoms with Crippen molar-refractivity contribution in [2.24, 2.45) is 17.3 Å². The zero-order valence-corrected chi connectivity index (χ0v) is 23.7. The Labute approximate surface area is 233 Å². The number of aromatic nitrogens is 2. The van der Waals surface area contributed by atoms with Gasteiger partial charge in [-0.1, -0.05) is 42.8 Å². The molecule has 5 heteroatoms. The van der Waals surface area contributed by atoms with Crippen LogP contribution in [0.1, 0.15) is 60.2 Å². The molecule has 3 aromatic rings. The van der Waals surface area contributed by atoms with E-state index in [1.807, 2.05) is 6.07 Å². The maximum atomic E-state index is 10.7. The Bertz CT molecular complexity index is 1350. The summed E-state index contributed by atoms with van der Waals surface area (Å²) in [4.78, 5) is 14.8. The molecule has 204 valence electrons. The Morgan fingerprint density at radius 1 is 1.03 bits per heavy atom. The topological polar surface area (TPSA) is 52.5 Å². The molecule has 7 rings (SSSR count). The minimum atomic E-state index is 0.167. The molecule has 3 fully saturated rings. The molecule has 0 spiro atoms. The van der Waals surface area contributed by atoms with E-state index in [9.17, 15) is 5.11 Å². The second-order valence-corrected chi connectivity index (χ2v) is 13.0. The van der Waals surface area contributed by atoms with Crippen molar-refractivity contribution in [2.45, 2.75) is 70.3 Å². The predicted octanol–water partition coefficient (Wildman–Crippen LogP) is 5.85. The molecule has 1 saturated heterocycles. The summed E-state index contributed by atoms with van der Waals surface area (Å²) >= 11 is 0. The van der Waals surface area contributed by atoms with Crippen molar-refractivity contribution in [3.63, 3.8) is 0 Å². The smallest absolute Gasteiger partial charge is 0.225 e. The van der Waals surface area contributed by atoms with Crippen molar-refractivity contribution in [3.8, 4) is 5.75 Å². The average Bonchev–Trinajstić information content (AvgIpc) is 3.06. The molecule has 1 N–H and O–H groups in total. The Balaban J connectivity index is 1.26. The number of piperidine rings is 1. The lowest BCUT2D eigenvalue weighted by atomic mass is 9.44. The number of hydrogen-bond acceptors (Lipinski definition) is 5. The van der Waals surface area contributed by atoms with Gasteiger partial charge in [-0.05, 0) is 111 Å². The molecule has 0 radical (unpaired) electrons. The fourth-order valence-electron chi connectivity index (χ4n) is 9.85. The minimum absolute atomic E-state index is 0.167. The highest BCUT2D eigenvalue weighted by molar-refractivity contribution is 5.50. The first-order chi connectivity index (χ1) is 18.9. The summed E-state index contributed by atoms with van der Waals surface area (Å²) in [5.74, 6) is 2.54. The van der Waals surface area contributed by atoms with Crippen LogP contribution in [0.15, 0.2) is 54.6 Å². The number of fused-ring (bicyclic) bond motifs is 1. The monoisotopic (exact) mass is 522 g/mol. The SMILES string of the molecule is Cc1cc(C)nc(N(C)C[C@H]2CC34CCCC2C32CCN(CCc3ccccc3)C4Cc3ccc(O)cc32)n1. The van der Waals surface area contributed by atoms with Gasteiger partial charge in [0.15, 0.2) is 0 Å². The minimum Gasteiger partial charge on any atom is -0.508 e. The molecule has 4 bridgehead atoms. The summed E-state index contributed by atoms with van der Waals surface area (Å²) in [6.45, 7) is 7.43. The van der Waals surface area contributed by atoms with Crippen LogP contribution in [0.3, 0.4) is 0 Å². The summed E-state index contributed by atoms with van der Waals surface area (Å²) in [5.41, 5.74) is 6.93. The van der Waals surface area contributed by atoms with Crippen LogP contribution in [-0.2, 0) is 18.3 Å². The van der Waals surface area contributed by atoms with E-state index in [-0.39, 0.29) is 10.8 Å². The van der Waals surface area contributed by atoms with E-state index in [2.05, 4.69) is 79.2 Å². The second-order valence-electron chi connectivity index (χ2n) is 13.0. The number of aromatic hydroxyl groups is 1. The van der Waals surface area contributed by atoms with Crippen molar-refractivity contribution in [1.82, 2.24) is 14.9 Å². The van der Waals surface area contributed by atoms with Crippen LogP contribution >= 0.6 is 0 Å². The predicted molar refractivity (Wildman–Crippen MR) is 156 cm³/mol. The highest BCUT2D eigenvalue weighted by Crippen LogP contribution is 2.73. The standard InChI is InChI=1S/C34H42N4O/c1-23-18-24(2)36-32(35-23)37(3)22-27-21-33-14-7-10-29(27)34(33)15-17-38(16-13-25-8-5-4-6-9-25)31(33)19-26-11-12-28(39)20-30(26)34/h4-6,8-9,11-12,18,20,27,29,31,39H,7,10,13-17,19,21-22H2,1-3H3/t27-,29?,31?,33?,34?/m1/s1. The van der Waals surface area contributed by atoms with Crippen LogP contribution in [0.2, 0.25) is 0 Å². The first kappa shape index (κ1) is 25.1. The average molecular weight is 523 g/mol. The van der Waals surface area contributed by atoms with Crippen LogP contribution in [0, 0.1) is 31.1 Å². The largest absolute Gasteiger partial charge is 0.508 e. The van der Waals surface area contributed by atoms with E-state index in [1.54, 1.807) is 0 Å². The van der Waals surface area contributed by atoms with Gasteiger partial charge in [-0.3, -0.25) is 4.90 Å². The van der Waals surface area contributed by atoms with Gasteiger partial charge in [0.05, 0.1) is 0 Å². The number of rotatable bonds is 6. The molecule has 3 aliphatic carbocycles. The molecule has 1 aliphatic heterocycles. The number of aryl methyl sites for hydroxylation is 2. The molecular formula is C34H42N4O. The van der Waals surface area contributed by atoms with Gasteiger partial charge < -0.3 is 10.0 Å². The van der Waals surface area contributed by atoms with Crippen molar-refractivity contribution in [1.29, 1.82) is 0 Å². The quantitative estimate of drug-likeness (QED) is 0.440.